The number of thioether (sulfide) groups is 1. The van der Waals surface area contributed by atoms with Gasteiger partial charge in [0.2, 0.25) is 0 Å². The van der Waals surface area contributed by atoms with Crippen molar-refractivity contribution in [3.05, 3.63) is 129 Å². The highest BCUT2D eigenvalue weighted by molar-refractivity contribution is 7.99. The number of sulfonamides is 1. The van der Waals surface area contributed by atoms with Gasteiger partial charge in [-0.05, 0) is 103 Å². The Bertz CT molecular complexity index is 2450. The highest BCUT2D eigenvalue weighted by atomic mass is 35.5. The lowest BCUT2D eigenvalue weighted by Gasteiger charge is -2.43. The van der Waals surface area contributed by atoms with Gasteiger partial charge in [0.15, 0.2) is 0 Å². The van der Waals surface area contributed by atoms with E-state index >= 15 is 0 Å². The summed E-state index contributed by atoms with van der Waals surface area (Å²) in [7, 11) is -4.45. The molecule has 0 bridgehead atoms. The minimum atomic E-state index is -4.45. The lowest BCUT2D eigenvalue weighted by atomic mass is 9.71. The number of rotatable bonds is 18. The molecule has 68 heavy (non-hydrogen) atoms. The van der Waals surface area contributed by atoms with E-state index in [0.29, 0.717) is 25.4 Å². The molecule has 1 aliphatic carbocycles. The predicted molar refractivity (Wildman–Crippen MR) is 276 cm³/mol. The number of anilines is 2. The van der Waals surface area contributed by atoms with Crippen molar-refractivity contribution >= 4 is 74.3 Å². The molecular weight excluding hydrogens is 944 g/mol. The topological polar surface area (TPSA) is 153 Å². The van der Waals surface area contributed by atoms with E-state index in [9.17, 15) is 23.3 Å². The molecule has 4 aliphatic rings. The maximum absolute atomic E-state index is 13.6. The molecule has 1 amide bonds. The van der Waals surface area contributed by atoms with E-state index in [1.807, 2.05) is 54.6 Å². The van der Waals surface area contributed by atoms with Gasteiger partial charge in [0.25, 0.3) is 21.6 Å². The van der Waals surface area contributed by atoms with Gasteiger partial charge in [0.05, 0.1) is 23.0 Å². The number of nitro groups is 1. The zero-order valence-corrected chi connectivity index (χ0v) is 42.0. The highest BCUT2D eigenvalue weighted by Gasteiger charge is 2.35. The van der Waals surface area contributed by atoms with Gasteiger partial charge in [0.1, 0.15) is 5.69 Å². The third-order valence-electron chi connectivity index (χ3n) is 13.5. The van der Waals surface area contributed by atoms with Crippen molar-refractivity contribution in [1.29, 1.82) is 0 Å². The summed E-state index contributed by atoms with van der Waals surface area (Å²) in [5, 5.41) is 20.0. The molecule has 3 heterocycles. The Kier molecular flexibility index (Phi) is 18.3. The van der Waals surface area contributed by atoms with Crippen LogP contribution in [0.15, 0.2) is 112 Å². The molecule has 3 saturated heterocycles. The van der Waals surface area contributed by atoms with Crippen LogP contribution in [0.3, 0.4) is 0 Å². The number of nitro benzene ring substituents is 1. The fraction of sp³-hybridized carbons (Fsp3) is 0.460. The molecule has 4 aromatic rings. The van der Waals surface area contributed by atoms with Crippen molar-refractivity contribution in [2.45, 2.75) is 48.4 Å². The number of allylic oxidation sites excluding steroid dienone is 1. The molecule has 0 radical (unpaired) electrons. The van der Waals surface area contributed by atoms with E-state index in [4.69, 9.17) is 16.3 Å². The molecule has 366 valence electrons. The van der Waals surface area contributed by atoms with Crippen molar-refractivity contribution in [3.8, 4) is 0 Å². The van der Waals surface area contributed by atoms with Gasteiger partial charge >= 0.3 is 0 Å². The van der Waals surface area contributed by atoms with Gasteiger partial charge in [-0.25, -0.2) is 13.1 Å². The van der Waals surface area contributed by atoms with Crippen molar-refractivity contribution in [1.82, 2.24) is 24.7 Å². The number of ether oxygens (including phenoxy) is 1. The number of morpholine rings is 1. The van der Waals surface area contributed by atoms with Gasteiger partial charge in [-0.1, -0.05) is 54.4 Å². The lowest BCUT2D eigenvalue weighted by Crippen LogP contribution is -2.49. The molecule has 0 aromatic heterocycles. The molecule has 4 aromatic carbocycles. The second-order valence-electron chi connectivity index (χ2n) is 18.5. The molecule has 0 saturated carbocycles. The Morgan fingerprint density at radius 1 is 0.897 bits per heavy atom. The maximum Gasteiger partial charge on any atom is 0.293 e. The van der Waals surface area contributed by atoms with E-state index in [1.54, 1.807) is 23.9 Å². The van der Waals surface area contributed by atoms with Crippen molar-refractivity contribution < 1.29 is 22.9 Å². The fourth-order valence-electron chi connectivity index (χ4n) is 9.75. The summed E-state index contributed by atoms with van der Waals surface area (Å²) in [6.45, 7) is 15.9. The van der Waals surface area contributed by atoms with Gasteiger partial charge < -0.3 is 25.2 Å². The first kappa shape index (κ1) is 51.6. The lowest BCUT2D eigenvalue weighted by molar-refractivity contribution is -0.384. The van der Waals surface area contributed by atoms with E-state index in [0.717, 1.165) is 126 Å². The van der Waals surface area contributed by atoms with E-state index < -0.39 is 20.9 Å². The fourth-order valence-corrected chi connectivity index (χ4v) is 11.9. The smallest absolute Gasteiger partial charge is 0.293 e. The Balaban J connectivity index is 0.00000684. The average Bonchev–Trinajstić information content (AvgIpc) is 3.34. The molecule has 2 atom stereocenters. The first-order chi connectivity index (χ1) is 32.4. The predicted octanol–water partition coefficient (Wildman–Crippen LogP) is 7.76. The van der Waals surface area contributed by atoms with Crippen LogP contribution in [-0.4, -0.2) is 144 Å². The molecular formula is C50H64Cl2N8O6S2. The van der Waals surface area contributed by atoms with Crippen LogP contribution in [0.4, 0.5) is 17.1 Å². The number of benzene rings is 4. The summed E-state index contributed by atoms with van der Waals surface area (Å²) in [5.74, 6) is -0.178. The largest absolute Gasteiger partial charge is 0.379 e. The SMILES string of the molecule is CC1(CN2CCNCC2)CCC(c2ccc(Cl)cc2)=C(CN2CCN(c3ccc(C(=O)NS(=O)(=O)c4ccc(N[C@H](CCN5CCOCC5)CSc5ccccc5)c([N+](=O)[O-])c4)cc3)CC2)C1.Cl. The summed E-state index contributed by atoms with van der Waals surface area (Å²) in [6.07, 6.45) is 3.99. The van der Waals surface area contributed by atoms with Crippen LogP contribution in [0.2, 0.25) is 5.02 Å². The first-order valence-electron chi connectivity index (χ1n) is 23.5. The zero-order valence-electron chi connectivity index (χ0n) is 38.7. The van der Waals surface area contributed by atoms with Gasteiger partial charge in [0, 0.05) is 124 Å². The maximum atomic E-state index is 13.6. The number of hydrogen-bond acceptors (Lipinski definition) is 13. The van der Waals surface area contributed by atoms with Crippen molar-refractivity contribution in [2.24, 2.45) is 5.41 Å². The minimum Gasteiger partial charge on any atom is -0.379 e. The summed E-state index contributed by atoms with van der Waals surface area (Å²) < 4.78 is 34.8. The summed E-state index contributed by atoms with van der Waals surface area (Å²) in [5.41, 5.74) is 5.39. The van der Waals surface area contributed by atoms with Crippen LogP contribution < -0.4 is 20.3 Å². The van der Waals surface area contributed by atoms with E-state index in [-0.39, 0.29) is 45.7 Å². The third-order valence-corrected chi connectivity index (χ3v) is 16.2. The van der Waals surface area contributed by atoms with Crippen LogP contribution in [0.1, 0.15) is 48.5 Å². The number of nitrogens with zero attached hydrogens (tertiary/aromatic N) is 5. The number of piperazine rings is 2. The molecule has 8 rings (SSSR count). The number of amides is 1. The number of carbonyl (C=O) groups is 1. The number of halogens is 2. The Hall–Kier alpha value is -4.23. The zero-order chi connectivity index (χ0) is 46.8. The van der Waals surface area contributed by atoms with Gasteiger partial charge in [-0.3, -0.25) is 24.7 Å². The second-order valence-corrected chi connectivity index (χ2v) is 21.7. The van der Waals surface area contributed by atoms with Crippen LogP contribution >= 0.6 is 35.8 Å². The molecule has 3 aliphatic heterocycles. The molecule has 3 fully saturated rings. The second kappa shape index (κ2) is 24.1. The van der Waals surface area contributed by atoms with Crippen molar-refractivity contribution in [2.75, 3.05) is 114 Å². The van der Waals surface area contributed by atoms with Crippen LogP contribution in [0.5, 0.6) is 0 Å². The highest BCUT2D eigenvalue weighted by Crippen LogP contribution is 2.44. The Labute approximate surface area is 416 Å². The van der Waals surface area contributed by atoms with Crippen LogP contribution in [-0.2, 0) is 14.8 Å². The van der Waals surface area contributed by atoms with Gasteiger partial charge in [-0.15, -0.1) is 24.2 Å². The number of nitrogens with one attached hydrogen (secondary N) is 3. The van der Waals surface area contributed by atoms with Gasteiger partial charge in [-0.2, -0.15) is 0 Å². The Morgan fingerprint density at radius 3 is 2.29 bits per heavy atom. The molecule has 1 unspecified atom stereocenters. The van der Waals surface area contributed by atoms with Crippen molar-refractivity contribution in [3.63, 3.8) is 0 Å². The average molecular weight is 1010 g/mol. The normalized spacial score (nSPS) is 20.4. The molecule has 14 nitrogen and oxygen atoms in total. The molecule has 3 N–H and O–H groups in total. The van der Waals surface area contributed by atoms with E-state index in [2.05, 4.69) is 54.0 Å². The minimum absolute atomic E-state index is 0. The Morgan fingerprint density at radius 2 is 1.60 bits per heavy atom. The summed E-state index contributed by atoms with van der Waals surface area (Å²) in [6, 6.07) is 28.7. The standard InChI is InChI=1S/C50H63ClN8O6S2.ClH/c1-50(37-57-23-20-52-21-24-57)19-17-46(38-7-11-41(51)12-8-38)40(34-50)35-56-25-27-58(28-26-56)43-13-9-39(10-14-43)49(60)54-67(63,64)45-15-16-47(48(33-45)59(61)62)53-42(18-22-55-29-31-65-32-30-55)36-66-44-5-3-2-4-6-44;/h2-16,33,42,52-53H,17-32,34-37H2,1H3,(H,54,60);1H/t42-,50?;/m1./s1. The summed E-state index contributed by atoms with van der Waals surface area (Å²) in [4.78, 5) is 35.7. The monoisotopic (exact) mass is 1010 g/mol. The number of hydrogen-bond donors (Lipinski definition) is 3. The van der Waals surface area contributed by atoms with Crippen LogP contribution in [0, 0.1) is 15.5 Å². The van der Waals surface area contributed by atoms with Crippen LogP contribution in [0.25, 0.3) is 5.57 Å². The first-order valence-corrected chi connectivity index (χ1v) is 26.3. The van der Waals surface area contributed by atoms with E-state index in [1.165, 1.54) is 28.8 Å². The third kappa shape index (κ3) is 14.0. The summed E-state index contributed by atoms with van der Waals surface area (Å²) >= 11 is 7.95. The molecule has 0 spiro atoms. The quantitative estimate of drug-likeness (QED) is 0.0507. The molecule has 18 heteroatoms. The number of carbonyl (C=O) groups excluding carboxylic acids is 1.